The van der Waals surface area contributed by atoms with Crippen molar-refractivity contribution in [2.75, 3.05) is 13.2 Å². The molecular formula is C15H18O7. The number of benzene rings is 1. The SMILES string of the molecule is C=C(C)C(=O)OCCO.Cc1c(C(=O)O)cccc1C(=O)O. The van der Waals surface area contributed by atoms with Gasteiger partial charge in [-0.25, -0.2) is 14.4 Å². The molecule has 1 aromatic carbocycles. The first kappa shape index (κ1) is 19.3. The number of aromatic carboxylic acids is 2. The number of carbonyl (C=O) groups excluding carboxylic acids is 1. The van der Waals surface area contributed by atoms with Crippen molar-refractivity contribution in [1.29, 1.82) is 0 Å². The van der Waals surface area contributed by atoms with E-state index in [1.807, 2.05) is 0 Å². The summed E-state index contributed by atoms with van der Waals surface area (Å²) in [5, 5.41) is 25.5. The van der Waals surface area contributed by atoms with E-state index in [-0.39, 0.29) is 29.9 Å². The van der Waals surface area contributed by atoms with Gasteiger partial charge in [0.1, 0.15) is 6.61 Å². The van der Waals surface area contributed by atoms with Crippen molar-refractivity contribution >= 4 is 17.9 Å². The molecule has 7 heteroatoms. The molecule has 1 aromatic rings. The van der Waals surface area contributed by atoms with E-state index in [4.69, 9.17) is 15.3 Å². The maximum atomic E-state index is 10.6. The summed E-state index contributed by atoms with van der Waals surface area (Å²) in [5.74, 6) is -2.68. The second-order valence-corrected chi connectivity index (χ2v) is 4.23. The van der Waals surface area contributed by atoms with Crippen LogP contribution >= 0.6 is 0 Å². The van der Waals surface area contributed by atoms with Crippen LogP contribution in [0, 0.1) is 6.92 Å². The van der Waals surface area contributed by atoms with Gasteiger partial charge >= 0.3 is 17.9 Å². The fourth-order valence-electron chi connectivity index (χ4n) is 1.36. The highest BCUT2D eigenvalue weighted by Crippen LogP contribution is 2.13. The maximum Gasteiger partial charge on any atom is 0.335 e. The van der Waals surface area contributed by atoms with Crippen LogP contribution in [-0.2, 0) is 9.53 Å². The number of carbonyl (C=O) groups is 3. The lowest BCUT2D eigenvalue weighted by atomic mass is 10.0. The number of rotatable bonds is 5. The molecular weight excluding hydrogens is 292 g/mol. The molecule has 0 saturated heterocycles. The van der Waals surface area contributed by atoms with Gasteiger partial charge < -0.3 is 20.1 Å². The van der Waals surface area contributed by atoms with E-state index >= 15 is 0 Å². The smallest absolute Gasteiger partial charge is 0.335 e. The summed E-state index contributed by atoms with van der Waals surface area (Å²) in [6.45, 7) is 6.29. The van der Waals surface area contributed by atoms with E-state index in [9.17, 15) is 14.4 Å². The predicted molar refractivity (Wildman–Crippen MR) is 78.0 cm³/mol. The van der Waals surface area contributed by atoms with Crippen LogP contribution < -0.4 is 0 Å². The van der Waals surface area contributed by atoms with Crippen LogP contribution in [0.5, 0.6) is 0 Å². The Morgan fingerprint density at radius 1 is 1.14 bits per heavy atom. The van der Waals surface area contributed by atoms with Crippen LogP contribution in [0.2, 0.25) is 0 Å². The third-order valence-corrected chi connectivity index (χ3v) is 2.47. The first-order valence-corrected chi connectivity index (χ1v) is 6.22. The van der Waals surface area contributed by atoms with Gasteiger partial charge in [-0.3, -0.25) is 0 Å². The molecule has 0 aliphatic carbocycles. The first-order valence-electron chi connectivity index (χ1n) is 6.22. The van der Waals surface area contributed by atoms with Gasteiger partial charge in [0.05, 0.1) is 17.7 Å². The van der Waals surface area contributed by atoms with E-state index in [2.05, 4.69) is 11.3 Å². The number of esters is 1. The summed E-state index contributed by atoms with van der Waals surface area (Å²) in [5.41, 5.74) is 0.686. The van der Waals surface area contributed by atoms with Gasteiger partial charge in [-0.05, 0) is 31.5 Å². The molecule has 0 aliphatic heterocycles. The lowest BCUT2D eigenvalue weighted by molar-refractivity contribution is -0.139. The maximum absolute atomic E-state index is 10.6. The van der Waals surface area contributed by atoms with Crippen LogP contribution in [0.15, 0.2) is 30.4 Å². The van der Waals surface area contributed by atoms with Crippen molar-refractivity contribution in [1.82, 2.24) is 0 Å². The zero-order valence-electron chi connectivity index (χ0n) is 12.3. The number of hydrogen-bond acceptors (Lipinski definition) is 5. The molecule has 3 N–H and O–H groups in total. The molecule has 0 unspecified atom stereocenters. The van der Waals surface area contributed by atoms with Gasteiger partial charge in [0, 0.05) is 5.57 Å². The van der Waals surface area contributed by atoms with Crippen LogP contribution in [0.1, 0.15) is 33.2 Å². The molecule has 0 aromatic heterocycles. The lowest BCUT2D eigenvalue weighted by Crippen LogP contribution is -2.08. The largest absolute Gasteiger partial charge is 0.478 e. The standard InChI is InChI=1S/C9H8O4.C6H10O3/c1-5-6(8(10)11)3-2-4-7(5)9(12)13;1-5(2)6(8)9-4-3-7/h2-4H,1H3,(H,10,11)(H,12,13);7H,1,3-4H2,2H3. The van der Waals surface area contributed by atoms with Gasteiger partial charge in [-0.1, -0.05) is 12.6 Å². The molecule has 0 radical (unpaired) electrons. The third-order valence-electron chi connectivity index (χ3n) is 2.47. The fourth-order valence-corrected chi connectivity index (χ4v) is 1.36. The molecule has 7 nitrogen and oxygen atoms in total. The predicted octanol–water partition coefficient (Wildman–Crippen LogP) is 1.49. The van der Waals surface area contributed by atoms with Crippen molar-refractivity contribution in [2.45, 2.75) is 13.8 Å². The molecule has 0 heterocycles. The van der Waals surface area contributed by atoms with Crippen LogP contribution in [0.4, 0.5) is 0 Å². The van der Waals surface area contributed by atoms with Gasteiger partial charge in [0.25, 0.3) is 0 Å². The number of hydrogen-bond donors (Lipinski definition) is 3. The Hall–Kier alpha value is -2.67. The second-order valence-electron chi connectivity index (χ2n) is 4.23. The minimum Gasteiger partial charge on any atom is -0.478 e. The molecule has 120 valence electrons. The summed E-state index contributed by atoms with van der Waals surface area (Å²) in [6, 6.07) is 4.17. The molecule has 0 amide bonds. The highest BCUT2D eigenvalue weighted by atomic mass is 16.5. The monoisotopic (exact) mass is 310 g/mol. The Morgan fingerprint density at radius 2 is 1.59 bits per heavy atom. The zero-order valence-corrected chi connectivity index (χ0v) is 12.3. The first-order chi connectivity index (χ1) is 10.2. The van der Waals surface area contributed by atoms with Crippen LogP contribution in [0.25, 0.3) is 0 Å². The molecule has 0 spiro atoms. The summed E-state index contributed by atoms with van der Waals surface area (Å²) in [7, 11) is 0. The van der Waals surface area contributed by atoms with E-state index < -0.39 is 17.9 Å². The Bertz CT molecular complexity index is 543. The highest BCUT2D eigenvalue weighted by Gasteiger charge is 2.13. The van der Waals surface area contributed by atoms with Crippen molar-refractivity contribution < 1.29 is 34.4 Å². The molecule has 0 fully saturated rings. The Kier molecular flexibility index (Phi) is 8.17. The molecule has 0 atom stereocenters. The molecule has 0 bridgehead atoms. The number of aliphatic hydroxyl groups excluding tert-OH is 1. The van der Waals surface area contributed by atoms with Crippen LogP contribution in [0.3, 0.4) is 0 Å². The van der Waals surface area contributed by atoms with Gasteiger partial charge in [0.15, 0.2) is 0 Å². The minimum atomic E-state index is -1.11. The number of carboxylic acids is 2. The molecule has 1 rings (SSSR count). The lowest BCUT2D eigenvalue weighted by Gasteiger charge is -2.03. The molecule has 22 heavy (non-hydrogen) atoms. The van der Waals surface area contributed by atoms with Gasteiger partial charge in [-0.15, -0.1) is 0 Å². The number of aliphatic hydroxyl groups is 1. The number of ether oxygens (including phenoxy) is 1. The Morgan fingerprint density at radius 3 is 1.91 bits per heavy atom. The highest BCUT2D eigenvalue weighted by molar-refractivity contribution is 5.96. The normalized spacial score (nSPS) is 9.23. The molecule has 0 aliphatic rings. The molecule has 0 saturated carbocycles. The fraction of sp³-hybridized carbons (Fsp3) is 0.267. The summed E-state index contributed by atoms with van der Waals surface area (Å²) in [4.78, 5) is 31.7. The Balaban J connectivity index is 0.000000433. The van der Waals surface area contributed by atoms with Gasteiger partial charge in [0.2, 0.25) is 0 Å². The minimum absolute atomic E-state index is 0.0277. The number of carboxylic acid groups (broad SMARTS) is 2. The summed E-state index contributed by atoms with van der Waals surface area (Å²) in [6.07, 6.45) is 0. The van der Waals surface area contributed by atoms with Crippen LogP contribution in [-0.4, -0.2) is 46.4 Å². The second kappa shape index (κ2) is 9.30. The van der Waals surface area contributed by atoms with E-state index in [0.29, 0.717) is 5.57 Å². The van der Waals surface area contributed by atoms with Gasteiger partial charge in [-0.2, -0.15) is 0 Å². The average molecular weight is 310 g/mol. The van der Waals surface area contributed by atoms with Crippen molar-refractivity contribution in [3.8, 4) is 0 Å². The topological polar surface area (TPSA) is 121 Å². The summed E-state index contributed by atoms with van der Waals surface area (Å²) >= 11 is 0. The van der Waals surface area contributed by atoms with E-state index in [1.54, 1.807) is 6.92 Å². The van der Waals surface area contributed by atoms with Crippen molar-refractivity contribution in [3.63, 3.8) is 0 Å². The quantitative estimate of drug-likeness (QED) is 0.556. The third kappa shape index (κ3) is 6.19. The van der Waals surface area contributed by atoms with E-state index in [1.165, 1.54) is 25.1 Å². The average Bonchev–Trinajstić information content (AvgIpc) is 2.44. The summed E-state index contributed by atoms with van der Waals surface area (Å²) < 4.78 is 4.46. The zero-order chi connectivity index (χ0) is 17.3. The van der Waals surface area contributed by atoms with E-state index in [0.717, 1.165) is 0 Å². The van der Waals surface area contributed by atoms with Crippen molar-refractivity contribution in [2.24, 2.45) is 0 Å². The Labute approximate surface area is 127 Å². The van der Waals surface area contributed by atoms with Crippen molar-refractivity contribution in [3.05, 3.63) is 47.0 Å².